The van der Waals surface area contributed by atoms with Crippen molar-refractivity contribution in [3.8, 4) is 0 Å². The monoisotopic (exact) mass is 388 g/mol. The highest BCUT2D eigenvalue weighted by molar-refractivity contribution is 7.98. The predicted octanol–water partition coefficient (Wildman–Crippen LogP) is 2.83. The number of hydrogen-bond donors (Lipinski definition) is 2. The first kappa shape index (κ1) is 20.4. The van der Waals surface area contributed by atoms with Crippen LogP contribution >= 0.6 is 11.8 Å². The molecule has 0 saturated heterocycles. The van der Waals surface area contributed by atoms with Gasteiger partial charge in [0.05, 0.1) is 23.7 Å². The Morgan fingerprint density at radius 3 is 2.22 bits per heavy atom. The molecule has 0 fully saturated rings. The van der Waals surface area contributed by atoms with Crippen molar-refractivity contribution in [3.63, 3.8) is 0 Å². The minimum absolute atomic E-state index is 0.00851. The molecular weight excluding hydrogens is 368 g/mol. The van der Waals surface area contributed by atoms with Gasteiger partial charge in [0.25, 0.3) is 5.69 Å². The van der Waals surface area contributed by atoms with Crippen LogP contribution in [0.3, 0.4) is 0 Å². The normalized spacial score (nSPS) is 10.5. The van der Waals surface area contributed by atoms with Gasteiger partial charge in [-0.2, -0.15) is 0 Å². The lowest BCUT2D eigenvalue weighted by Gasteiger charge is -2.16. The number of carbonyl (C=O) groups excluding carboxylic acids is 2. The first-order valence-corrected chi connectivity index (χ1v) is 9.27. The first-order valence-electron chi connectivity index (χ1n) is 8.04. The van der Waals surface area contributed by atoms with Gasteiger partial charge < -0.3 is 10.6 Å². The summed E-state index contributed by atoms with van der Waals surface area (Å²) in [6, 6.07) is 13.0. The molecule has 0 aliphatic rings. The second kappa shape index (κ2) is 9.70. The van der Waals surface area contributed by atoms with Gasteiger partial charge in [-0.25, -0.2) is 0 Å². The van der Waals surface area contributed by atoms with Crippen molar-refractivity contribution < 1.29 is 14.5 Å². The molecule has 0 spiro atoms. The van der Waals surface area contributed by atoms with Gasteiger partial charge in [-0.15, -0.1) is 11.8 Å². The third kappa shape index (κ3) is 6.39. The number of likely N-dealkylation sites (N-methyl/N-ethyl adjacent to an activating group) is 1. The maximum absolute atomic E-state index is 12.2. The number of nitro groups is 1. The topological polar surface area (TPSA) is 105 Å². The lowest BCUT2D eigenvalue weighted by Crippen LogP contribution is -2.36. The van der Waals surface area contributed by atoms with Gasteiger partial charge in [-0.1, -0.05) is 12.1 Å². The van der Waals surface area contributed by atoms with E-state index in [9.17, 15) is 19.7 Å². The smallest absolute Gasteiger partial charge is 0.269 e. The van der Waals surface area contributed by atoms with Crippen molar-refractivity contribution in [2.75, 3.05) is 37.0 Å². The highest BCUT2D eigenvalue weighted by atomic mass is 32.2. The molecule has 2 N–H and O–H groups in total. The maximum Gasteiger partial charge on any atom is 0.269 e. The quantitative estimate of drug-likeness (QED) is 0.409. The van der Waals surface area contributed by atoms with E-state index in [0.717, 1.165) is 10.6 Å². The number of para-hydroxylation sites is 1. The molecule has 0 unspecified atom stereocenters. The summed E-state index contributed by atoms with van der Waals surface area (Å²) in [4.78, 5) is 36.9. The minimum Gasteiger partial charge on any atom is -0.325 e. The highest BCUT2D eigenvalue weighted by Crippen LogP contribution is 2.24. The summed E-state index contributed by atoms with van der Waals surface area (Å²) in [6.07, 6.45) is 1.93. The molecule has 0 aliphatic heterocycles. The van der Waals surface area contributed by atoms with Crippen LogP contribution in [0.4, 0.5) is 17.1 Å². The van der Waals surface area contributed by atoms with Gasteiger partial charge >= 0.3 is 0 Å². The Labute approximate surface area is 161 Å². The molecule has 8 nitrogen and oxygen atoms in total. The standard InChI is InChI=1S/C18H20N4O4S/c1-21(12-18(24)20-15-5-3-4-6-16(15)27-2)11-17(23)19-13-7-9-14(10-8-13)22(25)26/h3-10H,11-12H2,1-2H3,(H,19,23)(H,20,24). The van der Waals surface area contributed by atoms with Crippen LogP contribution in [0.2, 0.25) is 0 Å². The Hall–Kier alpha value is -2.91. The molecule has 2 rings (SSSR count). The van der Waals surface area contributed by atoms with E-state index in [1.165, 1.54) is 36.0 Å². The Kier molecular flexibility index (Phi) is 7.33. The zero-order valence-electron chi connectivity index (χ0n) is 15.0. The van der Waals surface area contributed by atoms with Gasteiger partial charge in [0.2, 0.25) is 11.8 Å². The average molecular weight is 388 g/mol. The van der Waals surface area contributed by atoms with Crippen molar-refractivity contribution in [2.45, 2.75) is 4.90 Å². The van der Waals surface area contributed by atoms with Crippen LogP contribution < -0.4 is 10.6 Å². The first-order chi connectivity index (χ1) is 12.9. The summed E-state index contributed by atoms with van der Waals surface area (Å²) < 4.78 is 0. The third-order valence-electron chi connectivity index (χ3n) is 3.57. The van der Waals surface area contributed by atoms with Crippen molar-refractivity contribution >= 4 is 40.6 Å². The number of benzene rings is 2. The van der Waals surface area contributed by atoms with Crippen LogP contribution in [0.15, 0.2) is 53.4 Å². The Morgan fingerprint density at radius 2 is 1.63 bits per heavy atom. The molecular formula is C18H20N4O4S. The molecule has 0 aromatic heterocycles. The molecule has 0 saturated carbocycles. The number of nitrogens with one attached hydrogen (secondary N) is 2. The Morgan fingerprint density at radius 1 is 1.04 bits per heavy atom. The number of rotatable bonds is 8. The summed E-state index contributed by atoms with van der Waals surface area (Å²) in [5.74, 6) is -0.536. The zero-order valence-corrected chi connectivity index (χ0v) is 15.8. The van der Waals surface area contributed by atoms with E-state index in [1.807, 2.05) is 30.5 Å². The van der Waals surface area contributed by atoms with E-state index in [4.69, 9.17) is 0 Å². The molecule has 0 atom stereocenters. The Bertz CT molecular complexity index is 826. The largest absolute Gasteiger partial charge is 0.325 e. The molecule has 2 aromatic carbocycles. The number of thioether (sulfide) groups is 1. The lowest BCUT2D eigenvalue weighted by molar-refractivity contribution is -0.384. The molecule has 142 valence electrons. The van der Waals surface area contributed by atoms with E-state index in [-0.39, 0.29) is 30.6 Å². The number of nitro benzene ring substituents is 1. The zero-order chi connectivity index (χ0) is 19.8. The molecule has 9 heteroatoms. The number of amides is 2. The number of non-ortho nitro benzene ring substituents is 1. The maximum atomic E-state index is 12.2. The Balaban J connectivity index is 1.83. The van der Waals surface area contributed by atoms with Crippen LogP contribution in [0.25, 0.3) is 0 Å². The molecule has 2 amide bonds. The number of carbonyl (C=O) groups is 2. The van der Waals surface area contributed by atoms with Gasteiger partial charge in [0.15, 0.2) is 0 Å². The van der Waals surface area contributed by atoms with Crippen LogP contribution in [0, 0.1) is 10.1 Å². The van der Waals surface area contributed by atoms with Gasteiger partial charge in [-0.3, -0.25) is 24.6 Å². The fourth-order valence-corrected chi connectivity index (χ4v) is 2.90. The summed E-state index contributed by atoms with van der Waals surface area (Å²) in [7, 11) is 1.66. The molecule has 2 aromatic rings. The summed E-state index contributed by atoms with van der Waals surface area (Å²) in [5, 5.41) is 16.1. The van der Waals surface area contributed by atoms with Crippen LogP contribution in [0.5, 0.6) is 0 Å². The van der Waals surface area contributed by atoms with Gasteiger partial charge in [-0.05, 0) is 37.6 Å². The van der Waals surface area contributed by atoms with Crippen LogP contribution in [-0.4, -0.2) is 48.0 Å². The van der Waals surface area contributed by atoms with E-state index in [1.54, 1.807) is 11.9 Å². The van der Waals surface area contributed by atoms with Crippen molar-refractivity contribution in [3.05, 3.63) is 58.6 Å². The summed E-state index contributed by atoms with van der Waals surface area (Å²) in [6.45, 7) is 0.0605. The molecule has 0 bridgehead atoms. The minimum atomic E-state index is -0.507. The number of anilines is 2. The van der Waals surface area contributed by atoms with Crippen LogP contribution in [0.1, 0.15) is 0 Å². The van der Waals surface area contributed by atoms with E-state index in [0.29, 0.717) is 5.69 Å². The fourth-order valence-electron chi connectivity index (χ4n) is 2.35. The van der Waals surface area contributed by atoms with E-state index >= 15 is 0 Å². The van der Waals surface area contributed by atoms with Crippen molar-refractivity contribution in [2.24, 2.45) is 0 Å². The lowest BCUT2D eigenvalue weighted by atomic mass is 10.3. The molecule has 0 aliphatic carbocycles. The van der Waals surface area contributed by atoms with Gasteiger partial charge in [0.1, 0.15) is 0 Å². The number of hydrogen-bond acceptors (Lipinski definition) is 6. The molecule has 0 radical (unpaired) electrons. The molecule has 0 heterocycles. The van der Waals surface area contributed by atoms with Crippen molar-refractivity contribution in [1.82, 2.24) is 4.90 Å². The SMILES string of the molecule is CSc1ccccc1NC(=O)CN(C)CC(=O)Nc1ccc([N+](=O)[O-])cc1. The second-order valence-electron chi connectivity index (χ2n) is 5.77. The molecule has 27 heavy (non-hydrogen) atoms. The average Bonchev–Trinajstić information content (AvgIpc) is 2.62. The second-order valence-corrected chi connectivity index (χ2v) is 6.62. The summed E-state index contributed by atoms with van der Waals surface area (Å²) in [5.41, 5.74) is 1.14. The van der Waals surface area contributed by atoms with Crippen LogP contribution in [-0.2, 0) is 9.59 Å². The third-order valence-corrected chi connectivity index (χ3v) is 4.37. The van der Waals surface area contributed by atoms with E-state index in [2.05, 4.69) is 10.6 Å². The highest BCUT2D eigenvalue weighted by Gasteiger charge is 2.13. The predicted molar refractivity (Wildman–Crippen MR) is 106 cm³/mol. The number of nitrogens with zero attached hydrogens (tertiary/aromatic N) is 2. The van der Waals surface area contributed by atoms with Gasteiger partial charge in [0, 0.05) is 22.7 Å². The van der Waals surface area contributed by atoms with E-state index < -0.39 is 4.92 Å². The fraction of sp³-hybridized carbons (Fsp3) is 0.222. The van der Waals surface area contributed by atoms with Crippen molar-refractivity contribution in [1.29, 1.82) is 0 Å². The summed E-state index contributed by atoms with van der Waals surface area (Å²) >= 11 is 1.54.